The molecule has 0 spiro atoms. The predicted molar refractivity (Wildman–Crippen MR) is 84.0 cm³/mol. The van der Waals surface area contributed by atoms with Crippen molar-refractivity contribution in [1.29, 1.82) is 0 Å². The van der Waals surface area contributed by atoms with Gasteiger partial charge < -0.3 is 14.6 Å². The van der Waals surface area contributed by atoms with Crippen LogP contribution >= 0.6 is 0 Å². The monoisotopic (exact) mass is 321 g/mol. The molecule has 0 bridgehead atoms. The first-order valence-corrected chi connectivity index (χ1v) is 8.29. The van der Waals surface area contributed by atoms with Gasteiger partial charge in [-0.15, -0.1) is 0 Å². The molecule has 1 saturated carbocycles. The van der Waals surface area contributed by atoms with E-state index in [1.54, 1.807) is 18.2 Å². The molecule has 1 aromatic carbocycles. The normalized spacial score (nSPS) is 28.3. The molecule has 2 fully saturated rings. The Morgan fingerprint density at radius 3 is 2.74 bits per heavy atom. The van der Waals surface area contributed by atoms with E-state index in [0.717, 1.165) is 6.42 Å². The zero-order valence-electron chi connectivity index (χ0n) is 13.1. The molecule has 6 nitrogen and oxygen atoms in total. The van der Waals surface area contributed by atoms with Crippen LogP contribution in [0.1, 0.15) is 37.7 Å². The van der Waals surface area contributed by atoms with Crippen LogP contribution < -0.4 is 0 Å². The average molecular weight is 321 g/mol. The van der Waals surface area contributed by atoms with Crippen LogP contribution in [0.3, 0.4) is 0 Å². The summed E-state index contributed by atoms with van der Waals surface area (Å²) in [7, 11) is 0. The second-order valence-corrected chi connectivity index (χ2v) is 6.41. The number of aliphatic hydroxyl groups excluding tert-OH is 1. The largest absolute Gasteiger partial charge is 0.394 e. The number of benzene rings is 1. The SMILES string of the molecule is O=[N+]([O-])c1ccccc1COC1CC(C2CCCC2)OC1CO. The Balaban J connectivity index is 1.62. The minimum Gasteiger partial charge on any atom is -0.394 e. The molecule has 1 N–H and O–H groups in total. The van der Waals surface area contributed by atoms with Crippen LogP contribution in [0, 0.1) is 16.0 Å². The smallest absolute Gasteiger partial charge is 0.274 e. The molecule has 3 rings (SSSR count). The van der Waals surface area contributed by atoms with Crippen molar-refractivity contribution in [3.8, 4) is 0 Å². The maximum absolute atomic E-state index is 11.0. The van der Waals surface area contributed by atoms with Gasteiger partial charge in [-0.2, -0.15) is 0 Å². The molecule has 6 heteroatoms. The van der Waals surface area contributed by atoms with Gasteiger partial charge in [0.1, 0.15) is 6.10 Å². The van der Waals surface area contributed by atoms with E-state index in [2.05, 4.69) is 0 Å². The highest BCUT2D eigenvalue weighted by Gasteiger charge is 2.40. The van der Waals surface area contributed by atoms with Crippen LogP contribution in [0.5, 0.6) is 0 Å². The van der Waals surface area contributed by atoms with Crippen LogP contribution in [0.15, 0.2) is 24.3 Å². The van der Waals surface area contributed by atoms with Gasteiger partial charge in [-0.1, -0.05) is 25.0 Å². The highest BCUT2D eigenvalue weighted by atomic mass is 16.6. The first kappa shape index (κ1) is 16.4. The van der Waals surface area contributed by atoms with Gasteiger partial charge in [-0.25, -0.2) is 0 Å². The quantitative estimate of drug-likeness (QED) is 0.643. The molecule has 126 valence electrons. The van der Waals surface area contributed by atoms with Crippen LogP contribution in [0.25, 0.3) is 0 Å². The van der Waals surface area contributed by atoms with E-state index in [0.29, 0.717) is 11.5 Å². The maximum atomic E-state index is 11.0. The molecule has 1 aliphatic heterocycles. The van der Waals surface area contributed by atoms with Crippen molar-refractivity contribution in [2.45, 2.75) is 57.0 Å². The highest BCUT2D eigenvalue weighted by Crippen LogP contribution is 2.37. The highest BCUT2D eigenvalue weighted by molar-refractivity contribution is 5.39. The van der Waals surface area contributed by atoms with E-state index in [9.17, 15) is 15.2 Å². The zero-order valence-corrected chi connectivity index (χ0v) is 13.1. The van der Waals surface area contributed by atoms with Crippen LogP contribution in [-0.2, 0) is 16.1 Å². The van der Waals surface area contributed by atoms with E-state index in [1.165, 1.54) is 31.7 Å². The van der Waals surface area contributed by atoms with Gasteiger partial charge in [0.25, 0.3) is 5.69 Å². The summed E-state index contributed by atoms with van der Waals surface area (Å²) < 4.78 is 11.8. The Morgan fingerprint density at radius 2 is 2.04 bits per heavy atom. The number of hydrogen-bond donors (Lipinski definition) is 1. The fourth-order valence-electron chi connectivity index (χ4n) is 3.72. The Hall–Kier alpha value is -1.50. The van der Waals surface area contributed by atoms with Crippen molar-refractivity contribution in [3.05, 3.63) is 39.9 Å². The summed E-state index contributed by atoms with van der Waals surface area (Å²) in [4.78, 5) is 10.7. The van der Waals surface area contributed by atoms with Crippen molar-refractivity contribution in [3.63, 3.8) is 0 Å². The number of aliphatic hydroxyl groups is 1. The van der Waals surface area contributed by atoms with Gasteiger partial charge in [0.15, 0.2) is 0 Å². The van der Waals surface area contributed by atoms with Gasteiger partial charge >= 0.3 is 0 Å². The number of nitrogens with zero attached hydrogens (tertiary/aromatic N) is 1. The number of nitro benzene ring substituents is 1. The lowest BCUT2D eigenvalue weighted by Crippen LogP contribution is -2.27. The van der Waals surface area contributed by atoms with Crippen molar-refractivity contribution < 1.29 is 19.5 Å². The Bertz CT molecular complexity index is 544. The van der Waals surface area contributed by atoms with Crippen molar-refractivity contribution in [2.24, 2.45) is 5.92 Å². The van der Waals surface area contributed by atoms with Crippen LogP contribution in [-0.4, -0.2) is 34.9 Å². The molecular formula is C17H23NO5. The maximum Gasteiger partial charge on any atom is 0.274 e. The molecule has 1 saturated heterocycles. The zero-order chi connectivity index (χ0) is 16.2. The molecule has 0 aromatic heterocycles. The summed E-state index contributed by atoms with van der Waals surface area (Å²) >= 11 is 0. The third-order valence-corrected chi connectivity index (χ3v) is 4.98. The first-order valence-electron chi connectivity index (χ1n) is 8.29. The molecule has 3 atom stereocenters. The number of para-hydroxylation sites is 1. The van der Waals surface area contributed by atoms with E-state index < -0.39 is 4.92 Å². The molecule has 3 unspecified atom stereocenters. The molecule has 1 aliphatic carbocycles. The molecule has 1 aromatic rings. The van der Waals surface area contributed by atoms with Gasteiger partial charge in [0.05, 0.1) is 35.9 Å². The molecule has 2 aliphatic rings. The van der Waals surface area contributed by atoms with Gasteiger partial charge in [-0.05, 0) is 24.8 Å². The minimum absolute atomic E-state index is 0.0688. The summed E-state index contributed by atoms with van der Waals surface area (Å²) in [6, 6.07) is 6.60. The average Bonchev–Trinajstić information content (AvgIpc) is 3.22. The van der Waals surface area contributed by atoms with Gasteiger partial charge in [-0.3, -0.25) is 10.1 Å². The standard InChI is InChI=1S/C17H23NO5/c19-10-17-16(9-15(23-17)12-5-1-2-6-12)22-11-13-7-3-4-8-14(13)18(20)21/h3-4,7-8,12,15-17,19H,1-2,5-6,9-11H2. The van der Waals surface area contributed by atoms with E-state index in [-0.39, 0.29) is 37.2 Å². The Kier molecular flexibility index (Phi) is 5.25. The topological polar surface area (TPSA) is 81.8 Å². The van der Waals surface area contributed by atoms with Gasteiger partial charge in [0.2, 0.25) is 0 Å². The van der Waals surface area contributed by atoms with Gasteiger partial charge in [0, 0.05) is 12.5 Å². The van der Waals surface area contributed by atoms with Crippen LogP contribution in [0.4, 0.5) is 5.69 Å². The molecule has 1 heterocycles. The predicted octanol–water partition coefficient (Wildman–Crippen LogP) is 2.82. The summed E-state index contributed by atoms with van der Waals surface area (Å²) in [6.45, 7) is 0.0871. The summed E-state index contributed by atoms with van der Waals surface area (Å²) in [5.74, 6) is 0.559. The van der Waals surface area contributed by atoms with Crippen molar-refractivity contribution >= 4 is 5.69 Å². The van der Waals surface area contributed by atoms with Crippen molar-refractivity contribution in [2.75, 3.05) is 6.61 Å². The molecular weight excluding hydrogens is 298 g/mol. The Morgan fingerprint density at radius 1 is 1.30 bits per heavy atom. The second-order valence-electron chi connectivity index (χ2n) is 6.41. The molecule has 0 radical (unpaired) electrons. The third kappa shape index (κ3) is 3.71. The lowest BCUT2D eigenvalue weighted by atomic mass is 9.97. The number of rotatable bonds is 6. The fraction of sp³-hybridized carbons (Fsp3) is 0.647. The lowest BCUT2D eigenvalue weighted by molar-refractivity contribution is -0.386. The number of hydrogen-bond acceptors (Lipinski definition) is 5. The molecule has 0 amide bonds. The second kappa shape index (κ2) is 7.38. The number of nitro groups is 1. The van der Waals surface area contributed by atoms with E-state index >= 15 is 0 Å². The van der Waals surface area contributed by atoms with Crippen molar-refractivity contribution in [1.82, 2.24) is 0 Å². The minimum atomic E-state index is -0.394. The first-order chi connectivity index (χ1) is 11.2. The van der Waals surface area contributed by atoms with Crippen LogP contribution in [0.2, 0.25) is 0 Å². The summed E-state index contributed by atoms with van der Waals surface area (Å²) in [5, 5.41) is 20.6. The lowest BCUT2D eigenvalue weighted by Gasteiger charge is -2.18. The molecule has 23 heavy (non-hydrogen) atoms. The Labute approximate surface area is 135 Å². The third-order valence-electron chi connectivity index (χ3n) is 4.98. The fourth-order valence-corrected chi connectivity index (χ4v) is 3.72. The summed E-state index contributed by atoms with van der Waals surface area (Å²) in [5.41, 5.74) is 0.623. The number of ether oxygens (including phenoxy) is 2. The van der Waals surface area contributed by atoms with E-state index in [1.807, 2.05) is 0 Å². The summed E-state index contributed by atoms with van der Waals surface area (Å²) in [6.07, 6.45) is 5.22. The van der Waals surface area contributed by atoms with E-state index in [4.69, 9.17) is 9.47 Å².